The molecule has 1 atom stereocenters. The number of rotatable bonds is 4. The van der Waals surface area contributed by atoms with Crippen molar-refractivity contribution in [2.75, 3.05) is 37.8 Å². The van der Waals surface area contributed by atoms with Crippen molar-refractivity contribution >= 4 is 5.82 Å². The second-order valence-electron chi connectivity index (χ2n) is 7.56. The van der Waals surface area contributed by atoms with Crippen LogP contribution in [0.3, 0.4) is 0 Å². The summed E-state index contributed by atoms with van der Waals surface area (Å²) in [5.74, 6) is 2.43. The van der Waals surface area contributed by atoms with Crippen LogP contribution in [0.1, 0.15) is 30.3 Å². The summed E-state index contributed by atoms with van der Waals surface area (Å²) in [6, 6.07) is 12.4. The van der Waals surface area contributed by atoms with Crippen LogP contribution < -0.4 is 4.90 Å². The topological polar surface area (TPSA) is 65.3 Å². The third kappa shape index (κ3) is 3.88. The van der Waals surface area contributed by atoms with Crippen molar-refractivity contribution in [1.29, 1.82) is 0 Å². The predicted molar refractivity (Wildman–Crippen MR) is 110 cm³/mol. The highest BCUT2D eigenvalue weighted by Gasteiger charge is 2.24. The predicted octanol–water partition coefficient (Wildman–Crippen LogP) is 3.33. The number of morpholine rings is 1. The molecule has 0 aliphatic carbocycles. The Kier molecular flexibility index (Phi) is 4.99. The summed E-state index contributed by atoms with van der Waals surface area (Å²) in [6.45, 7) is 5.95. The van der Waals surface area contributed by atoms with Crippen LogP contribution in [-0.2, 0) is 9.47 Å². The van der Waals surface area contributed by atoms with Crippen molar-refractivity contribution in [3.63, 3.8) is 0 Å². The third-order valence-electron chi connectivity index (χ3n) is 5.41. The zero-order valence-electron chi connectivity index (χ0n) is 16.6. The first kappa shape index (κ1) is 18.3. The van der Waals surface area contributed by atoms with Gasteiger partial charge in [-0.3, -0.25) is 0 Å². The maximum Gasteiger partial charge on any atom is 0.161 e. The van der Waals surface area contributed by atoms with E-state index >= 15 is 0 Å². The van der Waals surface area contributed by atoms with Gasteiger partial charge < -0.3 is 14.4 Å². The van der Waals surface area contributed by atoms with Gasteiger partial charge in [-0.05, 0) is 31.9 Å². The number of nitrogens with zero attached hydrogens (tertiary/aromatic N) is 5. The molecule has 2 aliphatic rings. The number of anilines is 1. The number of hydrogen-bond acceptors (Lipinski definition) is 6. The number of hydrogen-bond donors (Lipinski definition) is 0. The summed E-state index contributed by atoms with van der Waals surface area (Å²) in [4.78, 5) is 11.9. The molecule has 2 saturated heterocycles. The fourth-order valence-electron chi connectivity index (χ4n) is 3.85. The minimum Gasteiger partial charge on any atom is -0.378 e. The molecule has 0 unspecified atom stereocenters. The van der Waals surface area contributed by atoms with Gasteiger partial charge in [-0.1, -0.05) is 23.8 Å². The van der Waals surface area contributed by atoms with E-state index in [0.29, 0.717) is 13.2 Å². The van der Waals surface area contributed by atoms with E-state index in [1.54, 1.807) is 0 Å². The monoisotopic (exact) mass is 391 g/mol. The van der Waals surface area contributed by atoms with E-state index in [1.807, 2.05) is 23.0 Å². The molecule has 5 rings (SSSR count). The summed E-state index contributed by atoms with van der Waals surface area (Å²) in [5, 5.41) is 4.79. The highest BCUT2D eigenvalue weighted by Crippen LogP contribution is 2.29. The average Bonchev–Trinajstić information content (AvgIpc) is 3.47. The van der Waals surface area contributed by atoms with Crippen LogP contribution >= 0.6 is 0 Å². The fraction of sp³-hybridized carbons (Fsp3) is 0.409. The number of aryl methyl sites for hydroxylation is 1. The van der Waals surface area contributed by atoms with Gasteiger partial charge in [0, 0.05) is 37.5 Å². The van der Waals surface area contributed by atoms with Gasteiger partial charge in [-0.15, -0.1) is 0 Å². The van der Waals surface area contributed by atoms with E-state index < -0.39 is 0 Å². The Bertz CT molecular complexity index is 990. The van der Waals surface area contributed by atoms with Crippen molar-refractivity contribution in [3.8, 4) is 17.1 Å². The summed E-state index contributed by atoms with van der Waals surface area (Å²) in [5.41, 5.74) is 3.25. The van der Waals surface area contributed by atoms with Gasteiger partial charge in [0.25, 0.3) is 0 Å². The van der Waals surface area contributed by atoms with Crippen molar-refractivity contribution < 1.29 is 9.47 Å². The maximum atomic E-state index is 5.86. The van der Waals surface area contributed by atoms with Crippen molar-refractivity contribution in [2.24, 2.45) is 0 Å². The second kappa shape index (κ2) is 7.93. The molecule has 0 radical (unpaired) electrons. The van der Waals surface area contributed by atoms with E-state index in [9.17, 15) is 0 Å². The standard InChI is InChI=1S/C22H25N5O2/c1-16-4-2-5-17(14-16)18-7-8-27(25-18)21-15-20(26-9-12-28-13-10-26)23-22(24-21)19-6-3-11-29-19/h2,4-5,7-8,14-15,19H,3,6,9-13H2,1H3/t19-/m1/s1. The van der Waals surface area contributed by atoms with E-state index in [2.05, 4.69) is 36.1 Å². The summed E-state index contributed by atoms with van der Waals surface area (Å²) >= 11 is 0. The molecule has 0 saturated carbocycles. The summed E-state index contributed by atoms with van der Waals surface area (Å²) in [6.07, 6.45) is 3.92. The molecule has 2 aliphatic heterocycles. The van der Waals surface area contributed by atoms with E-state index in [-0.39, 0.29) is 6.10 Å². The molecular formula is C22H25N5O2. The zero-order chi connectivity index (χ0) is 19.6. The first-order chi connectivity index (χ1) is 14.3. The molecule has 29 heavy (non-hydrogen) atoms. The lowest BCUT2D eigenvalue weighted by atomic mass is 10.1. The highest BCUT2D eigenvalue weighted by atomic mass is 16.5. The Hall–Kier alpha value is -2.77. The van der Waals surface area contributed by atoms with Crippen molar-refractivity contribution in [1.82, 2.24) is 19.7 Å². The Morgan fingerprint density at radius 1 is 1.00 bits per heavy atom. The highest BCUT2D eigenvalue weighted by molar-refractivity contribution is 5.60. The average molecular weight is 391 g/mol. The molecule has 3 aromatic rings. The largest absolute Gasteiger partial charge is 0.378 e. The van der Waals surface area contributed by atoms with Gasteiger partial charge in [0.05, 0.1) is 18.9 Å². The SMILES string of the molecule is Cc1cccc(-c2ccn(-c3cc(N4CCOCC4)nc([C@H]4CCCO4)n3)n2)c1. The quantitative estimate of drug-likeness (QED) is 0.680. The van der Waals surface area contributed by atoms with Gasteiger partial charge in [-0.25, -0.2) is 14.6 Å². The third-order valence-corrected chi connectivity index (χ3v) is 5.41. The van der Waals surface area contributed by atoms with E-state index in [0.717, 1.165) is 61.3 Å². The maximum absolute atomic E-state index is 5.86. The summed E-state index contributed by atoms with van der Waals surface area (Å²) < 4.78 is 13.2. The van der Waals surface area contributed by atoms with Crippen LogP contribution in [0.2, 0.25) is 0 Å². The zero-order valence-corrected chi connectivity index (χ0v) is 16.6. The first-order valence-corrected chi connectivity index (χ1v) is 10.2. The van der Waals surface area contributed by atoms with Gasteiger partial charge in [0.15, 0.2) is 11.6 Å². The van der Waals surface area contributed by atoms with Crippen LogP contribution in [-0.4, -0.2) is 52.7 Å². The molecule has 0 amide bonds. The lowest BCUT2D eigenvalue weighted by molar-refractivity contribution is 0.104. The molecule has 4 heterocycles. The van der Waals surface area contributed by atoms with Crippen molar-refractivity contribution in [2.45, 2.75) is 25.9 Å². The Morgan fingerprint density at radius 2 is 1.86 bits per heavy atom. The smallest absolute Gasteiger partial charge is 0.161 e. The van der Waals surface area contributed by atoms with Crippen LogP contribution in [0.15, 0.2) is 42.6 Å². The first-order valence-electron chi connectivity index (χ1n) is 10.2. The lowest BCUT2D eigenvalue weighted by Gasteiger charge is -2.28. The number of aromatic nitrogens is 4. The molecule has 0 N–H and O–H groups in total. The second-order valence-corrected chi connectivity index (χ2v) is 7.56. The van der Waals surface area contributed by atoms with Crippen LogP contribution in [0.4, 0.5) is 5.82 Å². The molecule has 2 fully saturated rings. The lowest BCUT2D eigenvalue weighted by Crippen LogP contribution is -2.37. The van der Waals surface area contributed by atoms with Gasteiger partial charge in [-0.2, -0.15) is 5.10 Å². The molecular weight excluding hydrogens is 366 g/mol. The van der Waals surface area contributed by atoms with E-state index in [1.165, 1.54) is 5.56 Å². The molecule has 0 spiro atoms. The Labute approximate surface area is 170 Å². The fourth-order valence-corrected chi connectivity index (χ4v) is 3.85. The van der Waals surface area contributed by atoms with Crippen LogP contribution in [0, 0.1) is 6.92 Å². The molecule has 1 aromatic carbocycles. The summed E-state index contributed by atoms with van der Waals surface area (Å²) in [7, 11) is 0. The minimum absolute atomic E-state index is 0.0402. The molecule has 2 aromatic heterocycles. The van der Waals surface area contributed by atoms with Crippen LogP contribution in [0.25, 0.3) is 17.1 Å². The Morgan fingerprint density at radius 3 is 2.66 bits per heavy atom. The van der Waals surface area contributed by atoms with E-state index in [4.69, 9.17) is 24.5 Å². The van der Waals surface area contributed by atoms with Gasteiger partial charge >= 0.3 is 0 Å². The van der Waals surface area contributed by atoms with Gasteiger partial charge in [0.1, 0.15) is 11.9 Å². The van der Waals surface area contributed by atoms with Crippen molar-refractivity contribution in [3.05, 3.63) is 54.0 Å². The number of ether oxygens (including phenoxy) is 2. The van der Waals surface area contributed by atoms with Crippen LogP contribution in [0.5, 0.6) is 0 Å². The molecule has 7 heteroatoms. The Balaban J connectivity index is 1.52. The number of benzene rings is 1. The minimum atomic E-state index is -0.0402. The molecule has 150 valence electrons. The van der Waals surface area contributed by atoms with Gasteiger partial charge in [0.2, 0.25) is 0 Å². The molecule has 7 nitrogen and oxygen atoms in total. The normalized spacial score (nSPS) is 19.6. The molecule has 0 bridgehead atoms.